The fourth-order valence-corrected chi connectivity index (χ4v) is 6.55. The lowest BCUT2D eigenvalue weighted by molar-refractivity contribution is 0.0887. The van der Waals surface area contributed by atoms with Crippen molar-refractivity contribution in [1.82, 2.24) is 25.4 Å². The van der Waals surface area contributed by atoms with Gasteiger partial charge in [-0.1, -0.05) is 24.3 Å². The number of halogens is 1. The summed E-state index contributed by atoms with van der Waals surface area (Å²) in [5.74, 6) is 0.308. The second-order valence-corrected chi connectivity index (χ2v) is 11.4. The quantitative estimate of drug-likeness (QED) is 0.284. The molecule has 212 valence electrons. The van der Waals surface area contributed by atoms with Crippen LogP contribution in [0.1, 0.15) is 52.1 Å². The zero-order chi connectivity index (χ0) is 28.3. The molecule has 6 rings (SSSR count). The summed E-state index contributed by atoms with van der Waals surface area (Å²) in [6.07, 6.45) is 4.69. The number of ether oxygens (including phenoxy) is 1. The Balaban J connectivity index is 1.07. The van der Waals surface area contributed by atoms with Crippen molar-refractivity contribution in [2.75, 3.05) is 12.4 Å². The summed E-state index contributed by atoms with van der Waals surface area (Å²) in [6.45, 7) is 0.230. The first-order valence-electron chi connectivity index (χ1n) is 13.8. The summed E-state index contributed by atoms with van der Waals surface area (Å²) in [4.78, 5) is 31.5. The lowest BCUT2D eigenvalue weighted by Crippen LogP contribution is -2.44. The van der Waals surface area contributed by atoms with E-state index in [-0.39, 0.29) is 36.0 Å². The van der Waals surface area contributed by atoms with Crippen LogP contribution in [0.5, 0.6) is 11.6 Å². The maximum atomic E-state index is 14.1. The molecule has 11 heteroatoms. The molecule has 0 saturated heterocycles. The average Bonchev–Trinajstić information content (AvgIpc) is 3.60. The molecule has 1 aliphatic carbocycles. The Morgan fingerprint density at radius 2 is 1.80 bits per heavy atom. The van der Waals surface area contributed by atoms with Crippen molar-refractivity contribution in [2.45, 2.75) is 55.6 Å². The number of aliphatic hydroxyl groups is 1. The number of benzene rings is 2. The number of pyridine rings is 1. The molecule has 2 amide bonds. The predicted octanol–water partition coefficient (Wildman–Crippen LogP) is 4.47. The fourth-order valence-electron chi connectivity index (χ4n) is 5.45. The van der Waals surface area contributed by atoms with Gasteiger partial charge in [-0.3, -0.25) is 14.3 Å². The maximum Gasteiger partial charge on any atom is 0.272 e. The Morgan fingerprint density at radius 1 is 1.05 bits per heavy atom. The zero-order valence-electron chi connectivity index (χ0n) is 22.3. The van der Waals surface area contributed by atoms with E-state index >= 15 is 0 Å². The van der Waals surface area contributed by atoms with Gasteiger partial charge in [0.25, 0.3) is 11.8 Å². The number of nitrogens with one attached hydrogen (secondary N) is 2. The molecular formula is C30H30FN5O4S. The van der Waals surface area contributed by atoms with Gasteiger partial charge in [0, 0.05) is 28.1 Å². The number of aromatic nitrogens is 3. The SMILES string of the molecule is O=C(NC1CCC(NC(=O)c2nn(CCO)c3ccccc23)CC1)c1cc(F)cnc1Oc1ccc2c(c1)SCC2. The molecule has 0 unspecified atom stereocenters. The molecule has 1 fully saturated rings. The van der Waals surface area contributed by atoms with Crippen molar-refractivity contribution in [3.05, 3.63) is 77.4 Å². The van der Waals surface area contributed by atoms with Gasteiger partial charge in [0.05, 0.1) is 24.9 Å². The van der Waals surface area contributed by atoms with Crippen molar-refractivity contribution < 1.29 is 23.8 Å². The summed E-state index contributed by atoms with van der Waals surface area (Å²) in [5.41, 5.74) is 2.43. The van der Waals surface area contributed by atoms with Gasteiger partial charge in [-0.15, -0.1) is 11.8 Å². The van der Waals surface area contributed by atoms with E-state index in [1.165, 1.54) is 5.56 Å². The Hall–Kier alpha value is -3.96. The van der Waals surface area contributed by atoms with Gasteiger partial charge in [-0.2, -0.15) is 5.10 Å². The Kier molecular flexibility index (Phi) is 7.89. The predicted molar refractivity (Wildman–Crippen MR) is 153 cm³/mol. The van der Waals surface area contributed by atoms with E-state index in [0.29, 0.717) is 43.7 Å². The number of aliphatic hydroxyl groups excluding tert-OH is 1. The maximum absolute atomic E-state index is 14.1. The van der Waals surface area contributed by atoms with Crippen LogP contribution in [0.3, 0.4) is 0 Å². The summed E-state index contributed by atoms with van der Waals surface area (Å²) in [7, 11) is 0. The first kappa shape index (κ1) is 27.2. The Bertz CT molecular complexity index is 1600. The number of nitrogens with zero attached hydrogens (tertiary/aromatic N) is 3. The number of hydrogen-bond donors (Lipinski definition) is 3. The minimum Gasteiger partial charge on any atom is -0.438 e. The highest BCUT2D eigenvalue weighted by Gasteiger charge is 2.27. The smallest absolute Gasteiger partial charge is 0.272 e. The molecule has 1 saturated carbocycles. The normalized spacial score (nSPS) is 18.2. The number of fused-ring (bicyclic) bond motifs is 2. The van der Waals surface area contributed by atoms with Gasteiger partial charge in [-0.25, -0.2) is 9.37 Å². The van der Waals surface area contributed by atoms with Gasteiger partial charge < -0.3 is 20.5 Å². The molecule has 1 aliphatic heterocycles. The van der Waals surface area contributed by atoms with Gasteiger partial charge in [0.2, 0.25) is 5.88 Å². The molecular weight excluding hydrogens is 545 g/mol. The van der Waals surface area contributed by atoms with E-state index < -0.39 is 11.7 Å². The molecule has 0 radical (unpaired) electrons. The Morgan fingerprint density at radius 3 is 2.59 bits per heavy atom. The van der Waals surface area contributed by atoms with Gasteiger partial charge in [0.15, 0.2) is 5.69 Å². The fraction of sp³-hybridized carbons (Fsp3) is 0.333. The second-order valence-electron chi connectivity index (χ2n) is 10.3. The molecule has 4 aromatic rings. The summed E-state index contributed by atoms with van der Waals surface area (Å²) in [5, 5.41) is 20.6. The number of aryl methyl sites for hydroxylation is 1. The molecule has 0 spiro atoms. The van der Waals surface area contributed by atoms with Crippen molar-refractivity contribution in [3.8, 4) is 11.6 Å². The van der Waals surface area contributed by atoms with Crippen LogP contribution in [0, 0.1) is 5.82 Å². The van der Waals surface area contributed by atoms with Gasteiger partial charge in [0.1, 0.15) is 17.1 Å². The highest BCUT2D eigenvalue weighted by Crippen LogP contribution is 2.35. The van der Waals surface area contributed by atoms with E-state index in [9.17, 15) is 19.1 Å². The third kappa shape index (κ3) is 5.91. The largest absolute Gasteiger partial charge is 0.438 e. The number of amides is 2. The number of rotatable bonds is 8. The third-order valence-electron chi connectivity index (χ3n) is 7.53. The van der Waals surface area contributed by atoms with Crippen LogP contribution in [-0.4, -0.2) is 56.1 Å². The highest BCUT2D eigenvalue weighted by molar-refractivity contribution is 7.99. The minimum atomic E-state index is -0.618. The highest BCUT2D eigenvalue weighted by atomic mass is 32.2. The molecule has 2 aliphatic rings. The number of carbonyl (C=O) groups excluding carboxylic acids is 2. The van der Waals surface area contributed by atoms with Crippen molar-refractivity contribution in [3.63, 3.8) is 0 Å². The zero-order valence-corrected chi connectivity index (χ0v) is 23.1. The number of carbonyl (C=O) groups is 2. The van der Waals surface area contributed by atoms with Crippen LogP contribution < -0.4 is 15.4 Å². The monoisotopic (exact) mass is 575 g/mol. The van der Waals surface area contributed by atoms with Gasteiger partial charge >= 0.3 is 0 Å². The molecule has 9 nitrogen and oxygen atoms in total. The van der Waals surface area contributed by atoms with E-state index in [1.54, 1.807) is 16.4 Å². The second kappa shape index (κ2) is 11.9. The number of para-hydroxylation sites is 1. The molecule has 3 N–H and O–H groups in total. The summed E-state index contributed by atoms with van der Waals surface area (Å²) in [6, 6.07) is 14.2. The first-order chi connectivity index (χ1) is 20.0. The molecule has 2 aromatic carbocycles. The molecule has 0 atom stereocenters. The standard InChI is InChI=1S/C30H30FN5O4S/c31-19-15-24(30(32-17-19)40-22-10-5-18-11-14-41-26(18)16-22)28(38)33-20-6-8-21(9-7-20)34-29(39)27-23-3-1-2-4-25(23)36(35-27)12-13-37/h1-5,10,15-17,20-21,37H,6-9,11-14H2,(H,33,38)(H,34,39). The summed E-state index contributed by atoms with van der Waals surface area (Å²) >= 11 is 1.75. The first-order valence-corrected chi connectivity index (χ1v) is 14.7. The lowest BCUT2D eigenvalue weighted by Gasteiger charge is -2.29. The Labute approximate surface area is 240 Å². The van der Waals surface area contributed by atoms with Crippen LogP contribution in [0.2, 0.25) is 0 Å². The van der Waals surface area contributed by atoms with Crippen molar-refractivity contribution >= 4 is 34.5 Å². The van der Waals surface area contributed by atoms with Crippen LogP contribution in [0.25, 0.3) is 10.9 Å². The van der Waals surface area contributed by atoms with E-state index in [2.05, 4.69) is 20.7 Å². The van der Waals surface area contributed by atoms with Crippen LogP contribution in [-0.2, 0) is 13.0 Å². The molecule has 3 heterocycles. The third-order valence-corrected chi connectivity index (χ3v) is 8.63. The summed E-state index contributed by atoms with van der Waals surface area (Å²) < 4.78 is 21.7. The molecule has 0 bridgehead atoms. The molecule has 41 heavy (non-hydrogen) atoms. The molecule has 2 aromatic heterocycles. The number of hydrogen-bond acceptors (Lipinski definition) is 7. The van der Waals surface area contributed by atoms with Crippen molar-refractivity contribution in [1.29, 1.82) is 0 Å². The van der Waals surface area contributed by atoms with Crippen LogP contribution in [0.15, 0.2) is 59.6 Å². The minimum absolute atomic E-state index is 0.0407. The topological polar surface area (TPSA) is 118 Å². The lowest BCUT2D eigenvalue weighted by atomic mass is 9.91. The van der Waals surface area contributed by atoms with Crippen LogP contribution in [0.4, 0.5) is 4.39 Å². The average molecular weight is 576 g/mol. The van der Waals surface area contributed by atoms with E-state index in [4.69, 9.17) is 4.74 Å². The van der Waals surface area contributed by atoms with E-state index in [0.717, 1.165) is 40.2 Å². The van der Waals surface area contributed by atoms with E-state index in [1.807, 2.05) is 42.5 Å². The van der Waals surface area contributed by atoms with Crippen molar-refractivity contribution in [2.24, 2.45) is 0 Å². The van der Waals surface area contributed by atoms with Crippen LogP contribution >= 0.6 is 11.8 Å². The number of thioether (sulfide) groups is 1. The van der Waals surface area contributed by atoms with Gasteiger partial charge in [-0.05, 0) is 61.9 Å².